The molecule has 1 aliphatic rings. The van der Waals surface area contributed by atoms with Crippen LogP contribution in [0, 0.1) is 6.92 Å². The Kier molecular flexibility index (Phi) is 3.06. The molecule has 3 N–H and O–H groups in total. The largest absolute Gasteiger partial charge is 0.398 e. The number of benzene rings is 2. The molecule has 4 heteroatoms. The van der Waals surface area contributed by atoms with Gasteiger partial charge in [-0.2, -0.15) is 0 Å². The third kappa shape index (κ3) is 2.20. The second kappa shape index (κ2) is 4.89. The van der Waals surface area contributed by atoms with E-state index in [-0.39, 0.29) is 6.03 Å². The van der Waals surface area contributed by atoms with Crippen LogP contribution < -0.4 is 16.0 Å². The maximum absolute atomic E-state index is 12.3. The van der Waals surface area contributed by atoms with E-state index in [9.17, 15) is 4.79 Å². The molecule has 2 amide bonds. The number of hydrogen-bond donors (Lipinski definition) is 2. The van der Waals surface area contributed by atoms with Crippen LogP contribution in [0.3, 0.4) is 0 Å². The monoisotopic (exact) mass is 267 g/mol. The Morgan fingerprint density at radius 3 is 2.70 bits per heavy atom. The zero-order valence-corrected chi connectivity index (χ0v) is 11.4. The molecule has 0 bridgehead atoms. The zero-order valence-electron chi connectivity index (χ0n) is 11.4. The molecule has 1 heterocycles. The number of anilines is 3. The second-order valence-electron chi connectivity index (χ2n) is 5.04. The van der Waals surface area contributed by atoms with Crippen LogP contribution in [0.5, 0.6) is 0 Å². The number of rotatable bonds is 1. The van der Waals surface area contributed by atoms with E-state index in [0.717, 1.165) is 29.0 Å². The van der Waals surface area contributed by atoms with E-state index >= 15 is 0 Å². The lowest BCUT2D eigenvalue weighted by Crippen LogP contribution is -2.33. The van der Waals surface area contributed by atoms with E-state index in [2.05, 4.69) is 5.32 Å². The fourth-order valence-electron chi connectivity index (χ4n) is 2.50. The van der Waals surface area contributed by atoms with Crippen LogP contribution in [0.1, 0.15) is 11.1 Å². The number of urea groups is 1. The molecule has 0 unspecified atom stereocenters. The van der Waals surface area contributed by atoms with E-state index in [1.807, 2.05) is 49.4 Å². The highest BCUT2D eigenvalue weighted by molar-refractivity contribution is 6.03. The molecule has 3 rings (SSSR count). The average molecular weight is 267 g/mol. The van der Waals surface area contributed by atoms with Gasteiger partial charge < -0.3 is 11.1 Å². The van der Waals surface area contributed by atoms with Crippen molar-refractivity contribution in [2.75, 3.05) is 22.5 Å². The summed E-state index contributed by atoms with van der Waals surface area (Å²) < 4.78 is 0. The van der Waals surface area contributed by atoms with Gasteiger partial charge in [-0.15, -0.1) is 0 Å². The molecular weight excluding hydrogens is 250 g/mol. The first-order valence-electron chi connectivity index (χ1n) is 6.68. The lowest BCUT2D eigenvalue weighted by atomic mass is 10.1. The van der Waals surface area contributed by atoms with E-state index in [0.29, 0.717) is 6.54 Å². The first-order valence-corrected chi connectivity index (χ1v) is 6.68. The summed E-state index contributed by atoms with van der Waals surface area (Å²) in [6.45, 7) is 2.69. The smallest absolute Gasteiger partial charge is 0.326 e. The maximum Gasteiger partial charge on any atom is 0.326 e. The Hall–Kier alpha value is -2.49. The Morgan fingerprint density at radius 2 is 1.95 bits per heavy atom. The van der Waals surface area contributed by atoms with Gasteiger partial charge in [-0.25, -0.2) is 4.79 Å². The molecule has 2 aromatic rings. The summed E-state index contributed by atoms with van der Waals surface area (Å²) in [6, 6.07) is 13.3. The topological polar surface area (TPSA) is 58.4 Å². The Bertz CT molecular complexity index is 649. The summed E-state index contributed by atoms with van der Waals surface area (Å²) in [5.74, 6) is 0. The summed E-state index contributed by atoms with van der Waals surface area (Å²) in [7, 11) is 0. The van der Waals surface area contributed by atoms with Crippen LogP contribution in [0.2, 0.25) is 0 Å². The second-order valence-corrected chi connectivity index (χ2v) is 5.04. The Balaban J connectivity index is 1.80. The normalized spacial score (nSPS) is 13.2. The first kappa shape index (κ1) is 12.5. The van der Waals surface area contributed by atoms with E-state index < -0.39 is 0 Å². The molecule has 0 fully saturated rings. The molecule has 0 aromatic heterocycles. The SMILES string of the molecule is Cc1ccc(NC(=O)N2CCc3c(N)cccc32)cc1. The van der Waals surface area contributed by atoms with E-state index in [1.54, 1.807) is 4.90 Å². The summed E-state index contributed by atoms with van der Waals surface area (Å²) in [6.07, 6.45) is 0.809. The Morgan fingerprint density at radius 1 is 1.20 bits per heavy atom. The lowest BCUT2D eigenvalue weighted by Gasteiger charge is -2.18. The van der Waals surface area contributed by atoms with Crippen molar-refractivity contribution in [3.63, 3.8) is 0 Å². The lowest BCUT2D eigenvalue weighted by molar-refractivity contribution is 0.257. The molecule has 102 valence electrons. The van der Waals surface area contributed by atoms with Gasteiger partial charge in [0.2, 0.25) is 0 Å². The molecule has 1 aliphatic heterocycles. The van der Waals surface area contributed by atoms with Gasteiger partial charge in [0.05, 0.1) is 5.69 Å². The number of nitrogens with two attached hydrogens (primary N) is 1. The molecule has 0 aliphatic carbocycles. The summed E-state index contributed by atoms with van der Waals surface area (Å²) in [5, 5.41) is 2.92. The van der Waals surface area contributed by atoms with Crippen LogP contribution in [0.4, 0.5) is 21.9 Å². The number of carbonyl (C=O) groups excluding carboxylic acids is 1. The van der Waals surface area contributed by atoms with Crippen molar-refractivity contribution in [2.45, 2.75) is 13.3 Å². The van der Waals surface area contributed by atoms with Crippen molar-refractivity contribution in [2.24, 2.45) is 0 Å². The predicted molar refractivity (Wildman–Crippen MR) is 82.1 cm³/mol. The molecule has 0 atom stereocenters. The number of aryl methyl sites for hydroxylation is 1. The van der Waals surface area contributed by atoms with Gasteiger partial charge in [0.15, 0.2) is 0 Å². The summed E-state index contributed by atoms with van der Waals surface area (Å²) in [5.41, 5.74) is 10.6. The van der Waals surface area contributed by atoms with Crippen LogP contribution in [0.15, 0.2) is 42.5 Å². The minimum Gasteiger partial charge on any atom is -0.398 e. The minimum absolute atomic E-state index is 0.113. The van der Waals surface area contributed by atoms with Crippen LogP contribution in [0.25, 0.3) is 0 Å². The molecule has 2 aromatic carbocycles. The molecule has 0 spiro atoms. The van der Waals surface area contributed by atoms with Crippen molar-refractivity contribution in [3.05, 3.63) is 53.6 Å². The summed E-state index contributed by atoms with van der Waals surface area (Å²) in [4.78, 5) is 14.1. The standard InChI is InChI=1S/C16H17N3O/c1-11-5-7-12(8-6-11)18-16(20)19-10-9-13-14(17)3-2-4-15(13)19/h2-8H,9-10,17H2,1H3,(H,18,20). The van der Waals surface area contributed by atoms with Crippen molar-refractivity contribution in [1.82, 2.24) is 0 Å². The van der Waals surface area contributed by atoms with Gasteiger partial charge in [0.25, 0.3) is 0 Å². The van der Waals surface area contributed by atoms with Gasteiger partial charge in [0, 0.05) is 23.5 Å². The first-order chi connectivity index (χ1) is 9.65. The zero-order chi connectivity index (χ0) is 14.1. The fraction of sp³-hybridized carbons (Fsp3) is 0.188. The molecule has 4 nitrogen and oxygen atoms in total. The maximum atomic E-state index is 12.3. The van der Waals surface area contributed by atoms with Gasteiger partial charge in [-0.3, -0.25) is 4.90 Å². The molecular formula is C16H17N3O. The van der Waals surface area contributed by atoms with E-state index in [4.69, 9.17) is 5.73 Å². The van der Waals surface area contributed by atoms with Crippen LogP contribution >= 0.6 is 0 Å². The number of nitrogens with one attached hydrogen (secondary N) is 1. The van der Waals surface area contributed by atoms with Gasteiger partial charge >= 0.3 is 6.03 Å². The van der Waals surface area contributed by atoms with E-state index in [1.165, 1.54) is 5.56 Å². The van der Waals surface area contributed by atoms with Gasteiger partial charge in [-0.05, 0) is 37.6 Å². The fourth-order valence-corrected chi connectivity index (χ4v) is 2.50. The molecule has 0 radical (unpaired) electrons. The summed E-state index contributed by atoms with van der Waals surface area (Å²) >= 11 is 0. The quantitative estimate of drug-likeness (QED) is 0.780. The molecule has 20 heavy (non-hydrogen) atoms. The molecule has 0 saturated heterocycles. The predicted octanol–water partition coefficient (Wildman–Crippen LogP) is 3.17. The number of amides is 2. The van der Waals surface area contributed by atoms with Crippen molar-refractivity contribution in [3.8, 4) is 0 Å². The van der Waals surface area contributed by atoms with Crippen molar-refractivity contribution >= 4 is 23.1 Å². The number of nitrogen functional groups attached to an aromatic ring is 1. The minimum atomic E-state index is -0.113. The highest BCUT2D eigenvalue weighted by atomic mass is 16.2. The van der Waals surface area contributed by atoms with Gasteiger partial charge in [-0.1, -0.05) is 23.8 Å². The number of carbonyl (C=O) groups is 1. The van der Waals surface area contributed by atoms with Crippen LogP contribution in [-0.4, -0.2) is 12.6 Å². The highest BCUT2D eigenvalue weighted by Crippen LogP contribution is 2.32. The van der Waals surface area contributed by atoms with Gasteiger partial charge in [0.1, 0.15) is 0 Å². The van der Waals surface area contributed by atoms with Crippen molar-refractivity contribution in [1.29, 1.82) is 0 Å². The molecule has 0 saturated carbocycles. The number of fused-ring (bicyclic) bond motifs is 1. The number of hydrogen-bond acceptors (Lipinski definition) is 2. The average Bonchev–Trinajstić information content (AvgIpc) is 2.87. The highest BCUT2D eigenvalue weighted by Gasteiger charge is 2.25. The number of nitrogens with zero attached hydrogens (tertiary/aromatic N) is 1. The Labute approximate surface area is 118 Å². The third-order valence-corrected chi connectivity index (χ3v) is 3.61. The third-order valence-electron chi connectivity index (χ3n) is 3.61. The van der Waals surface area contributed by atoms with Crippen molar-refractivity contribution < 1.29 is 4.79 Å². The van der Waals surface area contributed by atoms with Crippen LogP contribution in [-0.2, 0) is 6.42 Å².